The van der Waals surface area contributed by atoms with Crippen LogP contribution in [0.5, 0.6) is 0 Å². The summed E-state index contributed by atoms with van der Waals surface area (Å²) in [5.74, 6) is -0.148. The zero-order valence-corrected chi connectivity index (χ0v) is 15.9. The van der Waals surface area contributed by atoms with E-state index in [1.807, 2.05) is 6.92 Å². The van der Waals surface area contributed by atoms with Crippen molar-refractivity contribution < 1.29 is 4.79 Å². The van der Waals surface area contributed by atoms with E-state index >= 15 is 0 Å². The summed E-state index contributed by atoms with van der Waals surface area (Å²) in [6.07, 6.45) is 3.07. The molecule has 2 aromatic heterocycles. The first-order valence-electron chi connectivity index (χ1n) is 8.10. The molecule has 0 unspecified atom stereocenters. The second-order valence-electron chi connectivity index (χ2n) is 6.78. The molecule has 0 aromatic carbocycles. The van der Waals surface area contributed by atoms with Crippen LogP contribution in [0.4, 0.5) is 5.69 Å². The average Bonchev–Trinajstić information content (AvgIpc) is 2.59. The summed E-state index contributed by atoms with van der Waals surface area (Å²) in [6, 6.07) is 0. The first-order valence-corrected chi connectivity index (χ1v) is 8.64. The molecule has 0 radical (unpaired) electrons. The number of aryl methyl sites for hydroxylation is 2. The largest absolute Gasteiger partial charge is 0.332 e. The minimum atomic E-state index is -0.799. The van der Waals surface area contributed by atoms with Gasteiger partial charge in [-0.05, 0) is 25.8 Å². The normalized spacial score (nSPS) is 11.8. The molecule has 0 saturated carbocycles. The number of carbonyl (C=O) groups excluding carboxylic acids is 1. The summed E-state index contributed by atoms with van der Waals surface area (Å²) in [5, 5.41) is 3.08. The lowest BCUT2D eigenvalue weighted by Crippen LogP contribution is -2.38. The predicted molar refractivity (Wildman–Crippen MR) is 99.4 cm³/mol. The van der Waals surface area contributed by atoms with Crippen molar-refractivity contribution in [3.63, 3.8) is 0 Å². The lowest BCUT2D eigenvalue weighted by atomic mass is 9.94. The van der Waals surface area contributed by atoms with Crippen molar-refractivity contribution in [2.45, 2.75) is 33.6 Å². The van der Waals surface area contributed by atoms with E-state index in [-0.39, 0.29) is 22.8 Å². The van der Waals surface area contributed by atoms with Gasteiger partial charge in [0.15, 0.2) is 5.65 Å². The number of halogens is 1. The third kappa shape index (κ3) is 3.33. The van der Waals surface area contributed by atoms with Crippen molar-refractivity contribution >= 4 is 34.2 Å². The van der Waals surface area contributed by atoms with Crippen LogP contribution in [0.3, 0.4) is 0 Å². The van der Waals surface area contributed by atoms with E-state index in [0.29, 0.717) is 12.1 Å². The third-order valence-corrected chi connectivity index (χ3v) is 4.92. The number of amides is 1. The summed E-state index contributed by atoms with van der Waals surface area (Å²) in [5.41, 5.74) is -0.344. The molecule has 0 bridgehead atoms. The highest BCUT2D eigenvalue weighted by molar-refractivity contribution is 6.20. The van der Waals surface area contributed by atoms with Gasteiger partial charge < -0.3 is 5.32 Å². The van der Waals surface area contributed by atoms with Gasteiger partial charge in [0.05, 0.1) is 11.1 Å². The van der Waals surface area contributed by atoms with Crippen LogP contribution < -0.4 is 16.6 Å². The van der Waals surface area contributed by atoms with Gasteiger partial charge in [-0.2, -0.15) is 0 Å². The van der Waals surface area contributed by atoms with Crippen molar-refractivity contribution in [1.82, 2.24) is 14.1 Å². The van der Waals surface area contributed by atoms with E-state index < -0.39 is 16.7 Å². The van der Waals surface area contributed by atoms with Crippen molar-refractivity contribution in [2.75, 3.05) is 11.2 Å². The molecule has 2 aromatic rings. The van der Waals surface area contributed by atoms with Gasteiger partial charge >= 0.3 is 5.69 Å². The number of carbonyl (C=O) groups is 1. The fraction of sp³-hybridized carbons (Fsp3) is 0.529. The Morgan fingerprint density at radius 3 is 2.48 bits per heavy atom. The number of anilines is 1. The van der Waals surface area contributed by atoms with E-state index in [0.717, 1.165) is 16.6 Å². The molecule has 0 atom stereocenters. The maximum Gasteiger partial charge on any atom is 0.332 e. The Kier molecular flexibility index (Phi) is 5.37. The quantitative estimate of drug-likeness (QED) is 0.817. The monoisotopic (exact) mass is 366 g/mol. The van der Waals surface area contributed by atoms with Gasteiger partial charge in [-0.1, -0.05) is 13.3 Å². The summed E-state index contributed by atoms with van der Waals surface area (Å²) in [6.45, 7) is 5.45. The molecular formula is C17H23ClN4O3. The fourth-order valence-corrected chi connectivity index (χ4v) is 2.63. The number of hydrogen-bond donors (Lipinski definition) is 1. The summed E-state index contributed by atoms with van der Waals surface area (Å²) >= 11 is 5.89. The van der Waals surface area contributed by atoms with Gasteiger partial charge in [0.25, 0.3) is 5.56 Å². The van der Waals surface area contributed by atoms with Crippen LogP contribution in [0.25, 0.3) is 11.0 Å². The lowest BCUT2D eigenvalue weighted by molar-refractivity contribution is -0.122. The number of rotatable bonds is 5. The molecule has 2 rings (SSSR count). The highest BCUT2D eigenvalue weighted by atomic mass is 35.5. The molecule has 0 spiro atoms. The zero-order chi connectivity index (χ0) is 18.9. The van der Waals surface area contributed by atoms with Crippen molar-refractivity contribution in [3.05, 3.63) is 32.6 Å². The van der Waals surface area contributed by atoms with Gasteiger partial charge in [-0.3, -0.25) is 18.7 Å². The van der Waals surface area contributed by atoms with E-state index in [2.05, 4.69) is 10.3 Å². The molecule has 25 heavy (non-hydrogen) atoms. The molecule has 0 fully saturated rings. The lowest BCUT2D eigenvalue weighted by Gasteiger charge is -2.22. The van der Waals surface area contributed by atoms with E-state index in [1.165, 1.54) is 11.6 Å². The molecule has 136 valence electrons. The minimum absolute atomic E-state index is 0.140. The van der Waals surface area contributed by atoms with Crippen molar-refractivity contribution in [3.8, 4) is 0 Å². The zero-order valence-electron chi connectivity index (χ0n) is 15.1. The molecule has 0 aliphatic carbocycles. The number of nitrogens with one attached hydrogen (secondary N) is 1. The topological polar surface area (TPSA) is 86.0 Å². The Hall–Kier alpha value is -2.15. The molecule has 8 heteroatoms. The van der Waals surface area contributed by atoms with Crippen LogP contribution in [0, 0.1) is 5.41 Å². The first kappa shape index (κ1) is 19.2. The Morgan fingerprint density at radius 1 is 1.28 bits per heavy atom. The molecule has 0 saturated heterocycles. The summed E-state index contributed by atoms with van der Waals surface area (Å²) < 4.78 is 2.32. The van der Waals surface area contributed by atoms with Crippen LogP contribution in [-0.2, 0) is 25.3 Å². The third-order valence-electron chi connectivity index (χ3n) is 4.25. The first-order chi connectivity index (χ1) is 11.7. The number of nitrogens with zero attached hydrogens (tertiary/aromatic N) is 3. The van der Waals surface area contributed by atoms with Crippen molar-refractivity contribution in [1.29, 1.82) is 0 Å². The summed E-state index contributed by atoms with van der Waals surface area (Å²) in [7, 11) is 2.95. The number of alkyl halides is 1. The minimum Gasteiger partial charge on any atom is -0.324 e. The smallest absolute Gasteiger partial charge is 0.324 e. The highest BCUT2D eigenvalue weighted by Gasteiger charge is 2.28. The molecule has 1 N–H and O–H groups in total. The molecule has 1 amide bonds. The number of aromatic nitrogens is 3. The second kappa shape index (κ2) is 7.00. The van der Waals surface area contributed by atoms with Gasteiger partial charge in [0, 0.05) is 26.2 Å². The van der Waals surface area contributed by atoms with Gasteiger partial charge in [-0.25, -0.2) is 9.78 Å². The van der Waals surface area contributed by atoms with Crippen LogP contribution in [0.2, 0.25) is 0 Å². The van der Waals surface area contributed by atoms with E-state index in [4.69, 9.17) is 11.6 Å². The number of fused-ring (bicyclic) bond motifs is 1. The standard InChI is InChI=1S/C17H23ClN4O3/c1-6-7-10-8-19-13-11(14(23)22(5)16(25)21(13)4)12(10)20-15(24)17(2,3)9-18/h8H,6-7,9H2,1-5H3,(H,19,20,24). The molecule has 7 nitrogen and oxygen atoms in total. The molecular weight excluding hydrogens is 344 g/mol. The number of pyridine rings is 1. The predicted octanol–water partition coefficient (Wildman–Crippen LogP) is 1.79. The molecule has 0 aliphatic rings. The van der Waals surface area contributed by atoms with E-state index in [1.54, 1.807) is 27.1 Å². The molecule has 0 aliphatic heterocycles. The highest BCUT2D eigenvalue weighted by Crippen LogP contribution is 2.27. The average molecular weight is 367 g/mol. The summed E-state index contributed by atoms with van der Waals surface area (Å²) in [4.78, 5) is 41.8. The van der Waals surface area contributed by atoms with Crippen LogP contribution in [-0.4, -0.2) is 25.9 Å². The Balaban J connectivity index is 2.83. The van der Waals surface area contributed by atoms with Gasteiger partial charge in [0.2, 0.25) is 5.91 Å². The fourth-order valence-electron chi connectivity index (χ4n) is 2.51. The Bertz CT molecular complexity index is 944. The Morgan fingerprint density at radius 2 is 1.92 bits per heavy atom. The number of hydrogen-bond acceptors (Lipinski definition) is 4. The van der Waals surface area contributed by atoms with Crippen molar-refractivity contribution in [2.24, 2.45) is 19.5 Å². The SMILES string of the molecule is CCCc1cnc2c(c1NC(=O)C(C)(C)CCl)c(=O)n(C)c(=O)n2C. The van der Waals surface area contributed by atoms with Gasteiger partial charge in [-0.15, -0.1) is 11.6 Å². The Labute approximate surface area is 150 Å². The molecule has 2 heterocycles. The van der Waals surface area contributed by atoms with E-state index in [9.17, 15) is 14.4 Å². The van der Waals surface area contributed by atoms with Crippen LogP contribution in [0.15, 0.2) is 15.8 Å². The van der Waals surface area contributed by atoms with Gasteiger partial charge in [0.1, 0.15) is 5.39 Å². The van der Waals surface area contributed by atoms with Crippen LogP contribution in [0.1, 0.15) is 32.8 Å². The maximum absolute atomic E-state index is 12.7. The maximum atomic E-state index is 12.7. The van der Waals surface area contributed by atoms with Crippen LogP contribution >= 0.6 is 11.6 Å². The second-order valence-corrected chi connectivity index (χ2v) is 7.05.